The summed E-state index contributed by atoms with van der Waals surface area (Å²) < 4.78 is 0. The maximum Gasteiger partial charge on any atom is 0.0724 e. The van der Waals surface area contributed by atoms with Crippen molar-refractivity contribution in [2.75, 3.05) is 6.54 Å². The minimum Gasteiger partial charge on any atom is -0.311 e. The summed E-state index contributed by atoms with van der Waals surface area (Å²) in [6, 6.07) is 0. The molecular weight excluding hydrogens is 162 g/mol. The number of aromatic nitrogens is 2. The molecule has 0 aromatic carbocycles. The third-order valence-electron chi connectivity index (χ3n) is 2.58. The average Bonchev–Trinajstić information content (AvgIpc) is 2.11. The van der Waals surface area contributed by atoms with Crippen molar-refractivity contribution in [3.63, 3.8) is 0 Å². The Hall–Kier alpha value is -0.960. The number of nitrogens with one attached hydrogen (secondary N) is 1. The van der Waals surface area contributed by atoms with Gasteiger partial charge in [0, 0.05) is 25.1 Å². The molecule has 13 heavy (non-hydrogen) atoms. The monoisotopic (exact) mass is 177 g/mol. The third kappa shape index (κ3) is 2.49. The van der Waals surface area contributed by atoms with Gasteiger partial charge in [-0.05, 0) is 25.3 Å². The second-order valence-corrected chi connectivity index (χ2v) is 3.62. The first-order valence-electron chi connectivity index (χ1n) is 4.91. The third-order valence-corrected chi connectivity index (χ3v) is 2.58. The molecule has 0 atom stereocenters. The van der Waals surface area contributed by atoms with Crippen LogP contribution in [0.1, 0.15) is 25.0 Å². The fourth-order valence-electron chi connectivity index (χ4n) is 1.52. The lowest BCUT2D eigenvalue weighted by molar-refractivity contribution is 0.301. The summed E-state index contributed by atoms with van der Waals surface area (Å²) in [6.07, 6.45) is 9.46. The summed E-state index contributed by atoms with van der Waals surface area (Å²) in [4.78, 5) is 8.21. The van der Waals surface area contributed by atoms with E-state index in [1.54, 1.807) is 12.4 Å². The Labute approximate surface area is 78.6 Å². The number of hydrogen-bond donors (Lipinski definition) is 1. The summed E-state index contributed by atoms with van der Waals surface area (Å²) in [5.74, 6) is 0.914. The van der Waals surface area contributed by atoms with Crippen molar-refractivity contribution in [2.45, 2.75) is 25.8 Å². The highest BCUT2D eigenvalue weighted by atomic mass is 14.9. The van der Waals surface area contributed by atoms with Gasteiger partial charge < -0.3 is 5.32 Å². The highest BCUT2D eigenvalue weighted by Crippen LogP contribution is 2.25. The molecule has 0 aliphatic heterocycles. The van der Waals surface area contributed by atoms with E-state index in [4.69, 9.17) is 0 Å². The van der Waals surface area contributed by atoms with Crippen LogP contribution in [-0.4, -0.2) is 16.5 Å². The van der Waals surface area contributed by atoms with E-state index in [1.165, 1.54) is 19.3 Å². The van der Waals surface area contributed by atoms with E-state index in [-0.39, 0.29) is 0 Å². The predicted octanol–water partition coefficient (Wildman–Crippen LogP) is 1.37. The van der Waals surface area contributed by atoms with Crippen LogP contribution in [-0.2, 0) is 6.54 Å². The number of rotatable bonds is 4. The van der Waals surface area contributed by atoms with E-state index in [9.17, 15) is 0 Å². The van der Waals surface area contributed by atoms with Crippen molar-refractivity contribution in [3.05, 3.63) is 24.3 Å². The van der Waals surface area contributed by atoms with Crippen LogP contribution >= 0.6 is 0 Å². The van der Waals surface area contributed by atoms with Gasteiger partial charge in [-0.2, -0.15) is 0 Å². The Kier molecular flexibility index (Phi) is 2.87. The largest absolute Gasteiger partial charge is 0.311 e. The number of nitrogens with zero attached hydrogens (tertiary/aromatic N) is 2. The topological polar surface area (TPSA) is 37.8 Å². The van der Waals surface area contributed by atoms with Crippen LogP contribution in [0, 0.1) is 5.92 Å². The second kappa shape index (κ2) is 4.33. The molecule has 1 aliphatic rings. The molecular formula is C10H15N3. The van der Waals surface area contributed by atoms with Gasteiger partial charge in [0.25, 0.3) is 0 Å². The normalized spacial score (nSPS) is 16.9. The van der Waals surface area contributed by atoms with Gasteiger partial charge in [-0.1, -0.05) is 6.42 Å². The first kappa shape index (κ1) is 8.63. The van der Waals surface area contributed by atoms with E-state index in [2.05, 4.69) is 15.3 Å². The quantitative estimate of drug-likeness (QED) is 0.754. The van der Waals surface area contributed by atoms with E-state index in [0.29, 0.717) is 0 Å². The Balaban J connectivity index is 1.67. The molecule has 0 bridgehead atoms. The van der Waals surface area contributed by atoms with E-state index in [1.807, 2.05) is 6.20 Å². The van der Waals surface area contributed by atoms with Gasteiger partial charge in [-0.3, -0.25) is 9.97 Å². The Morgan fingerprint density at radius 1 is 1.38 bits per heavy atom. The molecule has 1 saturated carbocycles. The molecule has 3 nitrogen and oxygen atoms in total. The molecule has 1 heterocycles. The zero-order valence-corrected chi connectivity index (χ0v) is 7.74. The molecule has 0 unspecified atom stereocenters. The highest BCUT2D eigenvalue weighted by Gasteiger charge is 2.16. The fraction of sp³-hybridized carbons (Fsp3) is 0.600. The standard InChI is InChI=1S/C10H15N3/c1-2-9(3-1)6-12-8-10-7-11-4-5-13-10/h4-5,7,9,12H,1-3,6,8H2. The second-order valence-electron chi connectivity index (χ2n) is 3.62. The van der Waals surface area contributed by atoms with E-state index >= 15 is 0 Å². The van der Waals surface area contributed by atoms with Gasteiger partial charge >= 0.3 is 0 Å². The molecule has 1 aliphatic carbocycles. The smallest absolute Gasteiger partial charge is 0.0724 e. The van der Waals surface area contributed by atoms with Crippen LogP contribution in [0.2, 0.25) is 0 Å². The Bertz CT molecular complexity index is 244. The minimum atomic E-state index is 0.852. The lowest BCUT2D eigenvalue weighted by Crippen LogP contribution is -2.27. The molecule has 0 radical (unpaired) electrons. The summed E-state index contributed by atoms with van der Waals surface area (Å²) in [7, 11) is 0. The summed E-state index contributed by atoms with van der Waals surface area (Å²) in [5, 5.41) is 3.40. The van der Waals surface area contributed by atoms with Gasteiger partial charge in [-0.15, -0.1) is 0 Å². The molecule has 1 aromatic heterocycles. The van der Waals surface area contributed by atoms with Crippen LogP contribution in [0.5, 0.6) is 0 Å². The Morgan fingerprint density at radius 2 is 2.31 bits per heavy atom. The van der Waals surface area contributed by atoms with Crippen molar-refractivity contribution in [1.82, 2.24) is 15.3 Å². The van der Waals surface area contributed by atoms with Crippen molar-refractivity contribution < 1.29 is 0 Å². The highest BCUT2D eigenvalue weighted by molar-refractivity contribution is 4.93. The van der Waals surface area contributed by atoms with Gasteiger partial charge in [0.15, 0.2) is 0 Å². The molecule has 70 valence electrons. The predicted molar refractivity (Wildman–Crippen MR) is 51.1 cm³/mol. The SMILES string of the molecule is c1cnc(CNCC2CCC2)cn1. The summed E-state index contributed by atoms with van der Waals surface area (Å²) in [5.41, 5.74) is 1.03. The summed E-state index contributed by atoms with van der Waals surface area (Å²) >= 11 is 0. The molecule has 1 fully saturated rings. The van der Waals surface area contributed by atoms with Crippen molar-refractivity contribution >= 4 is 0 Å². The molecule has 1 aromatic rings. The van der Waals surface area contributed by atoms with Gasteiger partial charge in [0.05, 0.1) is 5.69 Å². The van der Waals surface area contributed by atoms with Crippen LogP contribution in [0.3, 0.4) is 0 Å². The van der Waals surface area contributed by atoms with Crippen molar-refractivity contribution in [3.8, 4) is 0 Å². The van der Waals surface area contributed by atoms with Crippen LogP contribution in [0.25, 0.3) is 0 Å². The van der Waals surface area contributed by atoms with Crippen LogP contribution in [0.4, 0.5) is 0 Å². The minimum absolute atomic E-state index is 0.852. The molecule has 0 saturated heterocycles. The molecule has 0 amide bonds. The Morgan fingerprint density at radius 3 is 2.92 bits per heavy atom. The van der Waals surface area contributed by atoms with Gasteiger partial charge in [-0.25, -0.2) is 0 Å². The zero-order chi connectivity index (χ0) is 8.93. The maximum absolute atomic E-state index is 4.19. The average molecular weight is 177 g/mol. The molecule has 2 rings (SSSR count). The van der Waals surface area contributed by atoms with E-state index < -0.39 is 0 Å². The molecule has 0 spiro atoms. The number of hydrogen-bond acceptors (Lipinski definition) is 3. The van der Waals surface area contributed by atoms with Crippen LogP contribution < -0.4 is 5.32 Å². The van der Waals surface area contributed by atoms with E-state index in [0.717, 1.165) is 24.7 Å². The lowest BCUT2D eigenvalue weighted by Gasteiger charge is -2.25. The zero-order valence-electron chi connectivity index (χ0n) is 7.74. The first-order chi connectivity index (χ1) is 6.45. The fourth-order valence-corrected chi connectivity index (χ4v) is 1.52. The molecule has 1 N–H and O–H groups in total. The maximum atomic E-state index is 4.19. The molecule has 3 heteroatoms. The lowest BCUT2D eigenvalue weighted by atomic mass is 9.85. The van der Waals surface area contributed by atoms with Crippen molar-refractivity contribution in [2.24, 2.45) is 5.92 Å². The van der Waals surface area contributed by atoms with Crippen molar-refractivity contribution in [1.29, 1.82) is 0 Å². The van der Waals surface area contributed by atoms with Crippen LogP contribution in [0.15, 0.2) is 18.6 Å². The first-order valence-corrected chi connectivity index (χ1v) is 4.91. The van der Waals surface area contributed by atoms with Gasteiger partial charge in [0.1, 0.15) is 0 Å². The van der Waals surface area contributed by atoms with Gasteiger partial charge in [0.2, 0.25) is 0 Å². The summed E-state index contributed by atoms with van der Waals surface area (Å²) in [6.45, 7) is 1.99.